The van der Waals surface area contributed by atoms with Crippen LogP contribution in [0.15, 0.2) is 18.2 Å². The Morgan fingerprint density at radius 2 is 1.79 bits per heavy atom. The van der Waals surface area contributed by atoms with Gasteiger partial charge in [-0.05, 0) is 25.0 Å². The number of aliphatic hydroxyl groups is 1. The maximum absolute atomic E-state index is 13.7. The number of morpholine rings is 1. The molecule has 0 spiro atoms. The first kappa shape index (κ1) is 13.0. The zero-order valence-corrected chi connectivity index (χ0v) is 10.5. The lowest BCUT2D eigenvalue weighted by atomic mass is 9.79. The second kappa shape index (κ2) is 4.81. The molecule has 2 aliphatic rings. The molecule has 5 heteroatoms. The zero-order chi connectivity index (χ0) is 13.5. The van der Waals surface area contributed by atoms with E-state index in [0.717, 1.165) is 0 Å². The molecular formula is C14H17F2NO2. The van der Waals surface area contributed by atoms with Gasteiger partial charge in [-0.3, -0.25) is 0 Å². The minimum atomic E-state index is -1.06. The van der Waals surface area contributed by atoms with E-state index in [4.69, 9.17) is 4.74 Å². The van der Waals surface area contributed by atoms with Crippen LogP contribution in [0, 0.1) is 11.6 Å². The van der Waals surface area contributed by atoms with Crippen molar-refractivity contribution >= 4 is 0 Å². The van der Waals surface area contributed by atoms with Crippen molar-refractivity contribution in [2.75, 3.05) is 13.2 Å². The summed E-state index contributed by atoms with van der Waals surface area (Å²) >= 11 is 0. The number of hydrogen-bond donors (Lipinski definition) is 2. The first-order valence-corrected chi connectivity index (χ1v) is 6.55. The summed E-state index contributed by atoms with van der Waals surface area (Å²) in [6, 6.07) is 3.92. The normalized spacial score (nSPS) is 34.3. The Labute approximate surface area is 110 Å². The van der Waals surface area contributed by atoms with Crippen LogP contribution in [0.4, 0.5) is 8.78 Å². The maximum atomic E-state index is 13.7. The molecule has 1 aromatic carbocycles. The number of nitrogens with one attached hydrogen (secondary N) is 1. The molecule has 2 atom stereocenters. The molecule has 2 unspecified atom stereocenters. The zero-order valence-electron chi connectivity index (χ0n) is 10.5. The van der Waals surface area contributed by atoms with Gasteiger partial charge >= 0.3 is 0 Å². The van der Waals surface area contributed by atoms with E-state index in [1.807, 2.05) is 0 Å². The molecule has 0 radical (unpaired) electrons. The Bertz CT molecular complexity index is 448. The van der Waals surface area contributed by atoms with Gasteiger partial charge in [0, 0.05) is 24.1 Å². The highest BCUT2D eigenvalue weighted by Crippen LogP contribution is 2.32. The van der Waals surface area contributed by atoms with Crippen molar-refractivity contribution in [2.24, 2.45) is 0 Å². The van der Waals surface area contributed by atoms with E-state index in [-0.39, 0.29) is 24.1 Å². The summed E-state index contributed by atoms with van der Waals surface area (Å²) in [7, 11) is 0. The van der Waals surface area contributed by atoms with E-state index in [1.165, 1.54) is 18.2 Å². The summed E-state index contributed by atoms with van der Waals surface area (Å²) in [6.45, 7) is 1.08. The summed E-state index contributed by atoms with van der Waals surface area (Å²) in [5, 5.41) is 14.0. The van der Waals surface area contributed by atoms with Crippen LogP contribution in [0.5, 0.6) is 0 Å². The van der Waals surface area contributed by atoms with Crippen LogP contribution >= 0.6 is 0 Å². The largest absolute Gasteiger partial charge is 0.389 e. The fourth-order valence-electron chi connectivity index (χ4n) is 3.19. The van der Waals surface area contributed by atoms with Gasteiger partial charge in [-0.1, -0.05) is 6.07 Å². The fraction of sp³-hybridized carbons (Fsp3) is 0.571. The number of hydrogen-bond acceptors (Lipinski definition) is 3. The van der Waals surface area contributed by atoms with E-state index < -0.39 is 17.2 Å². The van der Waals surface area contributed by atoms with Gasteiger partial charge in [-0.15, -0.1) is 0 Å². The molecule has 3 rings (SSSR count). The maximum Gasteiger partial charge on any atom is 0.129 e. The van der Waals surface area contributed by atoms with Gasteiger partial charge in [0.25, 0.3) is 0 Å². The molecule has 2 bridgehead atoms. The highest BCUT2D eigenvalue weighted by Gasteiger charge is 2.41. The van der Waals surface area contributed by atoms with Crippen molar-refractivity contribution in [1.29, 1.82) is 0 Å². The molecule has 3 nitrogen and oxygen atoms in total. The number of benzene rings is 1. The lowest BCUT2D eigenvalue weighted by Crippen LogP contribution is -2.60. The molecule has 2 fully saturated rings. The Hall–Kier alpha value is -1.04. The van der Waals surface area contributed by atoms with Crippen molar-refractivity contribution < 1.29 is 18.6 Å². The molecule has 2 aliphatic heterocycles. The molecule has 1 aromatic rings. The molecule has 0 saturated carbocycles. The fourth-order valence-corrected chi connectivity index (χ4v) is 3.19. The van der Waals surface area contributed by atoms with Crippen LogP contribution in [0.25, 0.3) is 0 Å². The lowest BCUT2D eigenvalue weighted by Gasteiger charge is -2.45. The SMILES string of the molecule is OC1(Cc2c(F)cccc2F)CC2COCC(C1)N2. The molecule has 2 heterocycles. The smallest absolute Gasteiger partial charge is 0.129 e. The van der Waals surface area contributed by atoms with Crippen LogP contribution in [-0.2, 0) is 11.2 Å². The molecule has 0 amide bonds. The second-order valence-electron chi connectivity index (χ2n) is 5.61. The average Bonchev–Trinajstić information content (AvgIpc) is 2.33. The Morgan fingerprint density at radius 1 is 1.21 bits per heavy atom. The predicted octanol–water partition coefficient (Wildman–Crippen LogP) is 1.39. The second-order valence-corrected chi connectivity index (χ2v) is 5.61. The molecule has 2 N–H and O–H groups in total. The van der Waals surface area contributed by atoms with E-state index >= 15 is 0 Å². The molecule has 0 aliphatic carbocycles. The third-order valence-electron chi connectivity index (χ3n) is 3.93. The van der Waals surface area contributed by atoms with Gasteiger partial charge in [0.15, 0.2) is 0 Å². The van der Waals surface area contributed by atoms with Crippen molar-refractivity contribution in [3.8, 4) is 0 Å². The molecule has 0 aromatic heterocycles. The Kier molecular flexibility index (Phi) is 3.28. The number of fused-ring (bicyclic) bond motifs is 2. The van der Waals surface area contributed by atoms with Gasteiger partial charge in [-0.25, -0.2) is 8.78 Å². The van der Waals surface area contributed by atoms with Crippen molar-refractivity contribution in [2.45, 2.75) is 36.9 Å². The quantitative estimate of drug-likeness (QED) is 0.852. The van der Waals surface area contributed by atoms with Crippen molar-refractivity contribution in [3.05, 3.63) is 35.4 Å². The van der Waals surface area contributed by atoms with Crippen molar-refractivity contribution in [3.63, 3.8) is 0 Å². The van der Waals surface area contributed by atoms with Gasteiger partial charge in [0.05, 0.1) is 18.8 Å². The summed E-state index contributed by atoms with van der Waals surface area (Å²) in [5.41, 5.74) is -1.08. The number of halogens is 2. The highest BCUT2D eigenvalue weighted by atomic mass is 19.1. The van der Waals surface area contributed by atoms with E-state index in [9.17, 15) is 13.9 Å². The number of ether oxygens (including phenoxy) is 1. The first-order valence-electron chi connectivity index (χ1n) is 6.55. The average molecular weight is 269 g/mol. The van der Waals surface area contributed by atoms with Crippen LogP contribution in [0.3, 0.4) is 0 Å². The predicted molar refractivity (Wildman–Crippen MR) is 65.8 cm³/mol. The van der Waals surface area contributed by atoms with Gasteiger partial charge < -0.3 is 15.2 Å². The van der Waals surface area contributed by atoms with Gasteiger partial charge in [-0.2, -0.15) is 0 Å². The third kappa shape index (κ3) is 2.63. The monoisotopic (exact) mass is 269 g/mol. The van der Waals surface area contributed by atoms with Crippen LogP contribution in [0.1, 0.15) is 18.4 Å². The van der Waals surface area contributed by atoms with Crippen LogP contribution in [-0.4, -0.2) is 36.0 Å². The number of piperidine rings is 1. The molecule has 2 saturated heterocycles. The summed E-state index contributed by atoms with van der Waals surface area (Å²) < 4.78 is 32.8. The highest BCUT2D eigenvalue weighted by molar-refractivity contribution is 5.22. The van der Waals surface area contributed by atoms with Crippen LogP contribution in [0.2, 0.25) is 0 Å². The first-order chi connectivity index (χ1) is 9.06. The third-order valence-corrected chi connectivity index (χ3v) is 3.93. The summed E-state index contributed by atoms with van der Waals surface area (Å²) in [5.74, 6) is -1.18. The van der Waals surface area contributed by atoms with Crippen LogP contribution < -0.4 is 5.32 Å². The molecular weight excluding hydrogens is 252 g/mol. The summed E-state index contributed by atoms with van der Waals surface area (Å²) in [6.07, 6.45) is 0.925. The lowest BCUT2D eigenvalue weighted by molar-refractivity contribution is -0.0761. The Balaban J connectivity index is 1.82. The minimum absolute atomic E-state index is 0.0141. The van der Waals surface area contributed by atoms with Gasteiger partial charge in [0.2, 0.25) is 0 Å². The summed E-state index contributed by atoms with van der Waals surface area (Å²) in [4.78, 5) is 0. The minimum Gasteiger partial charge on any atom is -0.389 e. The van der Waals surface area contributed by atoms with Gasteiger partial charge in [0.1, 0.15) is 11.6 Å². The Morgan fingerprint density at radius 3 is 2.37 bits per heavy atom. The molecule has 19 heavy (non-hydrogen) atoms. The topological polar surface area (TPSA) is 41.5 Å². The van der Waals surface area contributed by atoms with E-state index in [0.29, 0.717) is 26.1 Å². The van der Waals surface area contributed by atoms with E-state index in [2.05, 4.69) is 5.32 Å². The van der Waals surface area contributed by atoms with Crippen molar-refractivity contribution in [1.82, 2.24) is 5.32 Å². The standard InChI is InChI=1S/C14H17F2NO2/c15-12-2-1-3-13(16)11(12)6-14(18)4-9-7-19-8-10(5-14)17-9/h1-3,9-10,17-18H,4-8H2. The number of rotatable bonds is 2. The molecule has 104 valence electrons. The van der Waals surface area contributed by atoms with E-state index in [1.54, 1.807) is 0 Å².